The van der Waals surface area contributed by atoms with Crippen LogP contribution in [0.2, 0.25) is 0 Å². The summed E-state index contributed by atoms with van der Waals surface area (Å²) in [5.74, 6) is 0. The maximum absolute atomic E-state index is 10.4. The fraction of sp³-hybridized carbons (Fsp3) is 0.556. The monoisotopic (exact) mass is 345 g/mol. The van der Waals surface area contributed by atoms with E-state index >= 15 is 0 Å². The van der Waals surface area contributed by atoms with Crippen LogP contribution in [0.4, 0.5) is 0 Å². The molecule has 25 heavy (non-hydrogen) atoms. The van der Waals surface area contributed by atoms with E-state index in [2.05, 4.69) is 19.9 Å². The number of β-amino-alcohol motifs (C(OH)–C–C–N with tert-alkyl or cyclic N) is 1. The molecule has 0 aliphatic carbocycles. The zero-order valence-corrected chi connectivity index (χ0v) is 15.0. The van der Waals surface area contributed by atoms with Crippen molar-refractivity contribution >= 4 is 0 Å². The van der Waals surface area contributed by atoms with Crippen LogP contribution in [0.15, 0.2) is 30.7 Å². The Hall–Kier alpha value is -1.80. The van der Waals surface area contributed by atoms with Crippen LogP contribution < -0.4 is 0 Å². The van der Waals surface area contributed by atoms with Gasteiger partial charge in [0.2, 0.25) is 0 Å². The highest BCUT2D eigenvalue weighted by Gasteiger charge is 2.18. The Kier molecular flexibility index (Phi) is 6.14. The number of morpholine rings is 1. The second-order valence-electron chi connectivity index (χ2n) is 6.68. The van der Waals surface area contributed by atoms with Crippen molar-refractivity contribution in [3.63, 3.8) is 0 Å². The number of hydrogen-bond acceptors (Lipinski definition) is 6. The topological polar surface area (TPSA) is 66.7 Å². The molecule has 0 amide bonds. The second-order valence-corrected chi connectivity index (χ2v) is 6.68. The fourth-order valence-corrected chi connectivity index (χ4v) is 3.26. The molecule has 1 atom stereocenters. The Bertz CT molecular complexity index is 655. The van der Waals surface area contributed by atoms with Gasteiger partial charge >= 0.3 is 0 Å². The van der Waals surface area contributed by atoms with Crippen molar-refractivity contribution in [2.24, 2.45) is 7.05 Å². The van der Waals surface area contributed by atoms with Crippen LogP contribution in [-0.4, -0.2) is 82.2 Å². The first-order valence-corrected chi connectivity index (χ1v) is 8.71. The molecule has 1 aliphatic heterocycles. The summed E-state index contributed by atoms with van der Waals surface area (Å²) in [5, 5.41) is 15.0. The fourth-order valence-electron chi connectivity index (χ4n) is 3.26. The van der Waals surface area contributed by atoms with Gasteiger partial charge in [-0.25, -0.2) is 0 Å². The van der Waals surface area contributed by atoms with Crippen LogP contribution in [0.1, 0.15) is 5.56 Å². The lowest BCUT2D eigenvalue weighted by atomic mass is 10.1. The van der Waals surface area contributed by atoms with Crippen LogP contribution >= 0.6 is 0 Å². The van der Waals surface area contributed by atoms with Crippen LogP contribution in [0, 0.1) is 0 Å². The number of aliphatic hydroxyl groups excluding tert-OH is 1. The molecule has 0 saturated carbocycles. The minimum atomic E-state index is -0.371. The van der Waals surface area contributed by atoms with Gasteiger partial charge in [0.1, 0.15) is 0 Å². The van der Waals surface area contributed by atoms with Gasteiger partial charge < -0.3 is 9.84 Å². The summed E-state index contributed by atoms with van der Waals surface area (Å²) in [5.41, 5.74) is 3.18. The van der Waals surface area contributed by atoms with Gasteiger partial charge in [0.15, 0.2) is 0 Å². The van der Waals surface area contributed by atoms with Crippen molar-refractivity contribution in [2.75, 3.05) is 46.4 Å². The van der Waals surface area contributed by atoms with Crippen molar-refractivity contribution in [3.8, 4) is 11.3 Å². The van der Waals surface area contributed by atoms with E-state index in [1.807, 2.05) is 37.1 Å². The third kappa shape index (κ3) is 5.09. The number of aromatic nitrogens is 3. The van der Waals surface area contributed by atoms with Gasteiger partial charge in [0.25, 0.3) is 0 Å². The normalized spacial score (nSPS) is 17.1. The van der Waals surface area contributed by atoms with Gasteiger partial charge in [-0.15, -0.1) is 0 Å². The van der Waals surface area contributed by atoms with Crippen LogP contribution in [0.25, 0.3) is 11.3 Å². The molecule has 1 fully saturated rings. The minimum Gasteiger partial charge on any atom is -0.390 e. The quantitative estimate of drug-likeness (QED) is 0.793. The lowest BCUT2D eigenvalue weighted by Gasteiger charge is -2.30. The molecule has 136 valence electrons. The standard InChI is InChI=1S/C18H27N5O2/c1-21(13-17(24)14-23-7-9-25-10-8-23)11-16-12-22(2)20-18(16)15-3-5-19-6-4-15/h3-6,12,17,24H,7-11,13-14H2,1-2H3. The molecule has 1 saturated heterocycles. The van der Waals surface area contributed by atoms with Gasteiger partial charge in [-0.2, -0.15) is 5.10 Å². The Morgan fingerprint density at radius 1 is 1.28 bits per heavy atom. The third-order valence-electron chi connectivity index (χ3n) is 4.39. The molecule has 0 bridgehead atoms. The lowest BCUT2D eigenvalue weighted by molar-refractivity contribution is 0.00826. The molecule has 0 aromatic carbocycles. The molecular weight excluding hydrogens is 318 g/mol. The van der Waals surface area contributed by atoms with Gasteiger partial charge in [-0.3, -0.25) is 19.5 Å². The summed E-state index contributed by atoms with van der Waals surface area (Å²) >= 11 is 0. The molecular formula is C18H27N5O2. The van der Waals surface area contributed by atoms with Crippen LogP contribution in [0.5, 0.6) is 0 Å². The first kappa shape index (κ1) is 18.0. The number of nitrogens with zero attached hydrogens (tertiary/aromatic N) is 5. The first-order chi connectivity index (χ1) is 12.1. The zero-order chi connectivity index (χ0) is 17.6. The highest BCUT2D eigenvalue weighted by molar-refractivity contribution is 5.61. The van der Waals surface area contributed by atoms with Crippen molar-refractivity contribution in [3.05, 3.63) is 36.3 Å². The van der Waals surface area contributed by atoms with Crippen LogP contribution in [-0.2, 0) is 18.3 Å². The molecule has 0 radical (unpaired) electrons. The van der Waals surface area contributed by atoms with E-state index in [1.165, 1.54) is 0 Å². The number of hydrogen-bond donors (Lipinski definition) is 1. The van der Waals surface area contributed by atoms with Gasteiger partial charge in [0, 0.05) is 69.5 Å². The molecule has 3 rings (SSSR count). The number of aryl methyl sites for hydroxylation is 1. The largest absolute Gasteiger partial charge is 0.390 e. The van der Waals surface area contributed by atoms with Gasteiger partial charge in [0.05, 0.1) is 25.0 Å². The van der Waals surface area contributed by atoms with E-state index in [1.54, 1.807) is 12.4 Å². The van der Waals surface area contributed by atoms with Crippen molar-refractivity contribution in [1.29, 1.82) is 0 Å². The summed E-state index contributed by atoms with van der Waals surface area (Å²) in [6.07, 6.45) is 5.23. The first-order valence-electron chi connectivity index (χ1n) is 8.71. The molecule has 0 spiro atoms. The number of ether oxygens (including phenoxy) is 1. The summed E-state index contributed by atoms with van der Waals surface area (Å²) in [6.45, 7) is 5.37. The Balaban J connectivity index is 1.58. The number of pyridine rings is 1. The maximum Gasteiger partial charge on any atom is 0.0969 e. The minimum absolute atomic E-state index is 0.371. The van der Waals surface area contributed by atoms with Crippen molar-refractivity contribution in [1.82, 2.24) is 24.6 Å². The maximum atomic E-state index is 10.4. The molecule has 1 N–H and O–H groups in total. The Morgan fingerprint density at radius 3 is 2.72 bits per heavy atom. The Labute approximate surface area is 148 Å². The number of likely N-dealkylation sites (N-methyl/N-ethyl adjacent to an activating group) is 1. The van der Waals surface area contributed by atoms with E-state index < -0.39 is 0 Å². The van der Waals surface area contributed by atoms with E-state index in [-0.39, 0.29) is 6.10 Å². The predicted octanol–water partition coefficient (Wildman–Crippen LogP) is 0.607. The number of aliphatic hydroxyl groups is 1. The zero-order valence-electron chi connectivity index (χ0n) is 15.0. The van der Waals surface area contributed by atoms with Gasteiger partial charge in [-0.05, 0) is 19.2 Å². The average Bonchev–Trinajstić information content (AvgIpc) is 2.96. The number of rotatable bonds is 7. The summed E-state index contributed by atoms with van der Waals surface area (Å²) in [4.78, 5) is 8.48. The van der Waals surface area contributed by atoms with E-state index in [0.717, 1.165) is 49.7 Å². The molecule has 7 heteroatoms. The lowest BCUT2D eigenvalue weighted by Crippen LogP contribution is -2.43. The van der Waals surface area contributed by atoms with E-state index in [4.69, 9.17) is 4.74 Å². The SMILES string of the molecule is CN(Cc1cn(C)nc1-c1ccncc1)CC(O)CN1CCOCC1. The average molecular weight is 345 g/mol. The molecule has 2 aromatic rings. The van der Waals surface area contributed by atoms with Crippen molar-refractivity contribution in [2.45, 2.75) is 12.6 Å². The van der Waals surface area contributed by atoms with Gasteiger partial charge in [-0.1, -0.05) is 0 Å². The highest BCUT2D eigenvalue weighted by atomic mass is 16.5. The smallest absolute Gasteiger partial charge is 0.0969 e. The van der Waals surface area contributed by atoms with Crippen molar-refractivity contribution < 1.29 is 9.84 Å². The summed E-state index contributed by atoms with van der Waals surface area (Å²) in [7, 11) is 3.97. The summed E-state index contributed by atoms with van der Waals surface area (Å²) in [6, 6.07) is 3.94. The summed E-state index contributed by atoms with van der Waals surface area (Å²) < 4.78 is 7.19. The molecule has 7 nitrogen and oxygen atoms in total. The van der Waals surface area contributed by atoms with E-state index in [0.29, 0.717) is 13.1 Å². The molecule has 1 aliphatic rings. The molecule has 3 heterocycles. The molecule has 1 unspecified atom stereocenters. The van der Waals surface area contributed by atoms with Crippen LogP contribution in [0.3, 0.4) is 0 Å². The third-order valence-corrected chi connectivity index (χ3v) is 4.39. The Morgan fingerprint density at radius 2 is 2.00 bits per heavy atom. The predicted molar refractivity (Wildman–Crippen MR) is 96.0 cm³/mol. The second kappa shape index (κ2) is 8.53. The highest BCUT2D eigenvalue weighted by Crippen LogP contribution is 2.22. The molecule has 2 aromatic heterocycles. The van der Waals surface area contributed by atoms with E-state index in [9.17, 15) is 5.11 Å².